The number of anilines is 1. The molecule has 2 heterocycles. The van der Waals surface area contributed by atoms with Gasteiger partial charge in [0.25, 0.3) is 0 Å². The molecule has 1 aromatic rings. The first-order valence-electron chi connectivity index (χ1n) is 5.06. The lowest BCUT2D eigenvalue weighted by Crippen LogP contribution is -2.41. The van der Waals surface area contributed by atoms with E-state index in [4.69, 9.17) is 10.00 Å². The van der Waals surface area contributed by atoms with Gasteiger partial charge < -0.3 is 10.1 Å². The Morgan fingerprint density at radius 3 is 3.38 bits per heavy atom. The fourth-order valence-corrected chi connectivity index (χ4v) is 2.16. The van der Waals surface area contributed by atoms with Crippen LogP contribution in [0.25, 0.3) is 0 Å². The highest BCUT2D eigenvalue weighted by atomic mass is 32.1. The average molecular weight is 239 g/mol. The molecular formula is C9H13N5OS. The summed E-state index contributed by atoms with van der Waals surface area (Å²) in [4.78, 5) is 2.16. The number of morpholine rings is 1. The van der Waals surface area contributed by atoms with E-state index in [9.17, 15) is 0 Å². The topological polar surface area (TPSA) is 74.1 Å². The first-order valence-corrected chi connectivity index (χ1v) is 5.83. The zero-order valence-corrected chi connectivity index (χ0v) is 9.83. The number of rotatable bonds is 3. The largest absolute Gasteiger partial charge is 0.377 e. The Bertz CT molecular complexity index is 387. The van der Waals surface area contributed by atoms with E-state index in [0.29, 0.717) is 19.7 Å². The van der Waals surface area contributed by atoms with Gasteiger partial charge in [-0.2, -0.15) is 5.26 Å². The summed E-state index contributed by atoms with van der Waals surface area (Å²) in [6.45, 7) is 2.79. The average Bonchev–Trinajstić information content (AvgIpc) is 2.76. The molecule has 2 rings (SSSR count). The van der Waals surface area contributed by atoms with Crippen molar-refractivity contribution < 1.29 is 4.74 Å². The normalized spacial score (nSPS) is 21.6. The van der Waals surface area contributed by atoms with Crippen molar-refractivity contribution in [2.45, 2.75) is 12.6 Å². The van der Waals surface area contributed by atoms with Crippen LogP contribution in [-0.2, 0) is 11.3 Å². The van der Waals surface area contributed by atoms with Crippen molar-refractivity contribution in [1.29, 1.82) is 5.26 Å². The molecule has 7 heteroatoms. The van der Waals surface area contributed by atoms with E-state index in [-0.39, 0.29) is 6.10 Å². The summed E-state index contributed by atoms with van der Waals surface area (Å²) in [5.74, 6) is 0. The van der Waals surface area contributed by atoms with Gasteiger partial charge in [0, 0.05) is 38.2 Å². The first kappa shape index (κ1) is 11.3. The Hall–Kier alpha value is -1.23. The molecule has 1 atom stereocenters. The van der Waals surface area contributed by atoms with Crippen LogP contribution in [0.3, 0.4) is 0 Å². The molecule has 0 bridgehead atoms. The summed E-state index contributed by atoms with van der Waals surface area (Å²) in [7, 11) is 1.86. The second-order valence-electron chi connectivity index (χ2n) is 3.52. The lowest BCUT2D eigenvalue weighted by molar-refractivity contribution is -0.00305. The van der Waals surface area contributed by atoms with Gasteiger partial charge in [-0.05, 0) is 0 Å². The molecule has 0 amide bonds. The molecule has 0 aromatic carbocycles. The number of nitrogens with one attached hydrogen (secondary N) is 1. The molecule has 1 aromatic heterocycles. The quantitative estimate of drug-likeness (QED) is 0.818. The van der Waals surface area contributed by atoms with Gasteiger partial charge in [0.05, 0.1) is 12.7 Å². The van der Waals surface area contributed by atoms with Crippen LogP contribution in [0.5, 0.6) is 0 Å². The zero-order valence-electron chi connectivity index (χ0n) is 9.01. The highest BCUT2D eigenvalue weighted by Crippen LogP contribution is 2.19. The van der Waals surface area contributed by atoms with Gasteiger partial charge >= 0.3 is 0 Å². The summed E-state index contributed by atoms with van der Waals surface area (Å²) < 4.78 is 9.19. The summed E-state index contributed by atoms with van der Waals surface area (Å²) >= 11 is 1.35. The minimum atomic E-state index is -0.321. The maximum Gasteiger partial charge on any atom is 0.156 e. The SMILES string of the molecule is CNc1snnc1CN1CCOC(C#N)C1. The first-order chi connectivity index (χ1) is 7.83. The summed E-state index contributed by atoms with van der Waals surface area (Å²) in [5, 5.41) is 16.9. The molecule has 1 fully saturated rings. The van der Waals surface area contributed by atoms with Crippen molar-refractivity contribution >= 4 is 16.5 Å². The van der Waals surface area contributed by atoms with E-state index in [2.05, 4.69) is 25.9 Å². The lowest BCUT2D eigenvalue weighted by atomic mass is 10.3. The molecule has 0 radical (unpaired) electrons. The number of nitriles is 1. The van der Waals surface area contributed by atoms with Gasteiger partial charge in [-0.25, -0.2) is 0 Å². The van der Waals surface area contributed by atoms with Crippen molar-refractivity contribution in [3.63, 3.8) is 0 Å². The standard InChI is InChI=1S/C9H13N5OS/c1-11-9-8(12-13-16-9)6-14-2-3-15-7(4-10)5-14/h7,11H,2-3,5-6H2,1H3. The third-order valence-electron chi connectivity index (χ3n) is 2.45. The van der Waals surface area contributed by atoms with E-state index >= 15 is 0 Å². The van der Waals surface area contributed by atoms with Gasteiger partial charge in [-0.3, -0.25) is 4.90 Å². The number of hydrogen-bond acceptors (Lipinski definition) is 7. The fourth-order valence-electron chi connectivity index (χ4n) is 1.64. The van der Waals surface area contributed by atoms with Crippen LogP contribution in [0.15, 0.2) is 0 Å². The summed E-state index contributed by atoms with van der Waals surface area (Å²) in [5.41, 5.74) is 0.936. The van der Waals surface area contributed by atoms with Crippen LogP contribution < -0.4 is 5.32 Å². The van der Waals surface area contributed by atoms with Crippen LogP contribution in [0, 0.1) is 11.3 Å². The van der Waals surface area contributed by atoms with E-state index in [1.54, 1.807) is 0 Å². The van der Waals surface area contributed by atoms with Crippen LogP contribution in [0.1, 0.15) is 5.69 Å². The third-order valence-corrected chi connectivity index (χ3v) is 3.24. The molecule has 86 valence electrons. The summed E-state index contributed by atoms with van der Waals surface area (Å²) in [6.07, 6.45) is -0.321. The molecule has 0 aliphatic carbocycles. The predicted octanol–water partition coefficient (Wildman–Crippen LogP) is 0.304. The summed E-state index contributed by atoms with van der Waals surface area (Å²) in [6, 6.07) is 2.13. The zero-order chi connectivity index (χ0) is 11.4. The highest BCUT2D eigenvalue weighted by molar-refractivity contribution is 7.10. The molecule has 1 saturated heterocycles. The van der Waals surface area contributed by atoms with Crippen molar-refractivity contribution in [3.8, 4) is 6.07 Å². The minimum absolute atomic E-state index is 0.321. The second-order valence-corrected chi connectivity index (χ2v) is 4.28. The Kier molecular flexibility index (Phi) is 3.66. The number of hydrogen-bond donors (Lipinski definition) is 1. The molecule has 0 saturated carbocycles. The van der Waals surface area contributed by atoms with Gasteiger partial charge in [-0.1, -0.05) is 4.49 Å². The van der Waals surface area contributed by atoms with Gasteiger partial charge in [0.15, 0.2) is 6.10 Å². The Morgan fingerprint density at radius 2 is 2.62 bits per heavy atom. The molecular weight excluding hydrogens is 226 g/mol. The Labute approximate surface area is 98.0 Å². The number of ether oxygens (including phenoxy) is 1. The molecule has 0 spiro atoms. The minimum Gasteiger partial charge on any atom is -0.377 e. The third kappa shape index (κ3) is 2.47. The van der Waals surface area contributed by atoms with Crippen LogP contribution in [0.2, 0.25) is 0 Å². The lowest BCUT2D eigenvalue weighted by Gasteiger charge is -2.28. The molecule has 1 aliphatic rings. The predicted molar refractivity (Wildman–Crippen MR) is 60.1 cm³/mol. The van der Waals surface area contributed by atoms with Crippen LogP contribution in [0.4, 0.5) is 5.00 Å². The van der Waals surface area contributed by atoms with Crippen molar-refractivity contribution in [3.05, 3.63) is 5.69 Å². The van der Waals surface area contributed by atoms with Gasteiger partial charge in [0.2, 0.25) is 0 Å². The van der Waals surface area contributed by atoms with E-state index < -0.39 is 0 Å². The van der Waals surface area contributed by atoms with E-state index in [0.717, 1.165) is 17.2 Å². The molecule has 1 aliphatic heterocycles. The number of nitrogens with zero attached hydrogens (tertiary/aromatic N) is 4. The molecule has 1 N–H and O–H groups in total. The van der Waals surface area contributed by atoms with Gasteiger partial charge in [-0.15, -0.1) is 5.10 Å². The maximum absolute atomic E-state index is 8.80. The van der Waals surface area contributed by atoms with Crippen molar-refractivity contribution in [1.82, 2.24) is 14.5 Å². The van der Waals surface area contributed by atoms with Crippen molar-refractivity contribution in [2.75, 3.05) is 32.1 Å². The Balaban J connectivity index is 1.97. The molecule has 6 nitrogen and oxygen atoms in total. The Morgan fingerprint density at radius 1 is 1.75 bits per heavy atom. The molecule has 1 unspecified atom stereocenters. The fraction of sp³-hybridized carbons (Fsp3) is 0.667. The van der Waals surface area contributed by atoms with Crippen LogP contribution >= 0.6 is 11.5 Å². The van der Waals surface area contributed by atoms with E-state index in [1.165, 1.54) is 11.5 Å². The molecule has 16 heavy (non-hydrogen) atoms. The second kappa shape index (κ2) is 5.21. The number of aromatic nitrogens is 2. The van der Waals surface area contributed by atoms with Gasteiger partial charge in [0.1, 0.15) is 10.7 Å². The maximum atomic E-state index is 8.80. The van der Waals surface area contributed by atoms with E-state index in [1.807, 2.05) is 7.05 Å². The van der Waals surface area contributed by atoms with Crippen molar-refractivity contribution in [2.24, 2.45) is 0 Å². The van der Waals surface area contributed by atoms with Crippen LogP contribution in [-0.4, -0.2) is 47.3 Å². The highest BCUT2D eigenvalue weighted by Gasteiger charge is 2.21. The monoisotopic (exact) mass is 239 g/mol. The smallest absolute Gasteiger partial charge is 0.156 e.